The highest BCUT2D eigenvalue weighted by Gasteiger charge is 2.20. The SMILES string of the molecule is CCN(C)S(=O)(=O)c1ccc(OC)c(CN)c1. The lowest BCUT2D eigenvalue weighted by molar-refractivity contribution is 0.409. The Labute approximate surface area is 102 Å². The summed E-state index contributed by atoms with van der Waals surface area (Å²) in [6.07, 6.45) is 0. The fourth-order valence-electron chi connectivity index (χ4n) is 1.42. The highest BCUT2D eigenvalue weighted by Crippen LogP contribution is 2.23. The van der Waals surface area contributed by atoms with Crippen LogP contribution in [0, 0.1) is 0 Å². The van der Waals surface area contributed by atoms with Gasteiger partial charge in [0.15, 0.2) is 0 Å². The van der Waals surface area contributed by atoms with Gasteiger partial charge < -0.3 is 10.5 Å². The zero-order valence-corrected chi connectivity index (χ0v) is 11.1. The molecule has 0 atom stereocenters. The molecule has 6 heteroatoms. The van der Waals surface area contributed by atoms with Crippen LogP contribution in [0.25, 0.3) is 0 Å². The summed E-state index contributed by atoms with van der Waals surface area (Å²) < 4.78 is 30.5. The number of hydrogen-bond acceptors (Lipinski definition) is 4. The Kier molecular flexibility index (Phi) is 4.50. The Bertz CT molecular complexity index is 485. The smallest absolute Gasteiger partial charge is 0.242 e. The molecule has 0 aromatic heterocycles. The number of sulfonamides is 1. The maximum Gasteiger partial charge on any atom is 0.242 e. The van der Waals surface area contributed by atoms with Crippen LogP contribution in [0.4, 0.5) is 0 Å². The molecule has 0 spiro atoms. The van der Waals surface area contributed by atoms with Crippen LogP contribution >= 0.6 is 0 Å². The second kappa shape index (κ2) is 5.48. The van der Waals surface area contributed by atoms with E-state index >= 15 is 0 Å². The minimum Gasteiger partial charge on any atom is -0.496 e. The van der Waals surface area contributed by atoms with Crippen molar-refractivity contribution in [3.05, 3.63) is 23.8 Å². The van der Waals surface area contributed by atoms with Crippen LogP contribution in [0.2, 0.25) is 0 Å². The number of methoxy groups -OCH3 is 1. The predicted octanol–water partition coefficient (Wildman–Crippen LogP) is 0.794. The van der Waals surface area contributed by atoms with E-state index in [1.54, 1.807) is 26.1 Å². The summed E-state index contributed by atoms with van der Waals surface area (Å²) in [5.74, 6) is 0.602. The molecular weight excluding hydrogens is 240 g/mol. The van der Waals surface area contributed by atoms with Crippen LogP contribution in [0.1, 0.15) is 12.5 Å². The lowest BCUT2D eigenvalue weighted by atomic mass is 10.2. The lowest BCUT2D eigenvalue weighted by Crippen LogP contribution is -2.26. The van der Waals surface area contributed by atoms with Crippen LogP contribution < -0.4 is 10.5 Å². The molecule has 0 unspecified atom stereocenters. The number of rotatable bonds is 5. The Morgan fingerprint density at radius 3 is 2.53 bits per heavy atom. The summed E-state index contributed by atoms with van der Waals surface area (Å²) in [4.78, 5) is 0.239. The number of nitrogens with zero attached hydrogens (tertiary/aromatic N) is 1. The van der Waals surface area contributed by atoms with E-state index in [0.29, 0.717) is 17.9 Å². The topological polar surface area (TPSA) is 72.6 Å². The normalized spacial score (nSPS) is 11.8. The second-order valence-electron chi connectivity index (χ2n) is 3.60. The van der Waals surface area contributed by atoms with Gasteiger partial charge in [0, 0.05) is 25.7 Å². The van der Waals surface area contributed by atoms with Gasteiger partial charge in [-0.25, -0.2) is 12.7 Å². The molecule has 1 aromatic rings. The van der Waals surface area contributed by atoms with Crippen molar-refractivity contribution in [1.29, 1.82) is 0 Å². The molecule has 0 saturated carbocycles. The molecule has 0 aliphatic heterocycles. The standard InChI is InChI=1S/C11H18N2O3S/c1-4-13(2)17(14,15)10-5-6-11(16-3)9(7-10)8-12/h5-7H,4,8,12H2,1-3H3. The third-order valence-electron chi connectivity index (χ3n) is 2.63. The van der Waals surface area contributed by atoms with E-state index in [1.807, 2.05) is 0 Å². The summed E-state index contributed by atoms with van der Waals surface area (Å²) in [5.41, 5.74) is 6.24. The molecule has 5 nitrogen and oxygen atoms in total. The molecule has 17 heavy (non-hydrogen) atoms. The number of ether oxygens (including phenoxy) is 1. The van der Waals surface area contributed by atoms with Gasteiger partial charge in [-0.3, -0.25) is 0 Å². The van der Waals surface area contributed by atoms with Gasteiger partial charge in [-0.15, -0.1) is 0 Å². The van der Waals surface area contributed by atoms with Crippen molar-refractivity contribution >= 4 is 10.0 Å². The van der Waals surface area contributed by atoms with Gasteiger partial charge in [-0.1, -0.05) is 6.92 Å². The van der Waals surface area contributed by atoms with Crippen LogP contribution in [0.5, 0.6) is 5.75 Å². The molecule has 0 saturated heterocycles. The molecule has 96 valence electrons. The molecule has 0 radical (unpaired) electrons. The van der Waals surface area contributed by atoms with Gasteiger partial charge in [0.2, 0.25) is 10.0 Å². The summed E-state index contributed by atoms with van der Waals surface area (Å²) in [7, 11) is -0.352. The van der Waals surface area contributed by atoms with Crippen molar-refractivity contribution in [2.75, 3.05) is 20.7 Å². The van der Waals surface area contributed by atoms with Gasteiger partial charge in [0.25, 0.3) is 0 Å². The van der Waals surface area contributed by atoms with Crippen molar-refractivity contribution in [1.82, 2.24) is 4.31 Å². The minimum absolute atomic E-state index is 0.238. The Morgan fingerprint density at radius 1 is 1.41 bits per heavy atom. The Balaban J connectivity index is 3.25. The first-order valence-electron chi connectivity index (χ1n) is 5.30. The highest BCUT2D eigenvalue weighted by atomic mass is 32.2. The number of nitrogens with two attached hydrogens (primary N) is 1. The average Bonchev–Trinajstić information content (AvgIpc) is 2.36. The molecular formula is C11H18N2O3S. The molecule has 0 heterocycles. The Morgan fingerprint density at radius 2 is 2.06 bits per heavy atom. The molecule has 1 aromatic carbocycles. The number of benzene rings is 1. The zero-order valence-electron chi connectivity index (χ0n) is 10.3. The van der Waals surface area contributed by atoms with E-state index in [4.69, 9.17) is 10.5 Å². The van der Waals surface area contributed by atoms with Crippen LogP contribution in [0.15, 0.2) is 23.1 Å². The van der Waals surface area contributed by atoms with Crippen molar-refractivity contribution in [2.24, 2.45) is 5.73 Å². The van der Waals surface area contributed by atoms with E-state index in [0.717, 1.165) is 0 Å². The van der Waals surface area contributed by atoms with Crippen LogP contribution in [0.3, 0.4) is 0 Å². The monoisotopic (exact) mass is 258 g/mol. The van der Waals surface area contributed by atoms with Gasteiger partial charge in [0.1, 0.15) is 5.75 Å². The number of hydrogen-bond donors (Lipinski definition) is 1. The predicted molar refractivity (Wildman–Crippen MR) is 66.4 cm³/mol. The summed E-state index contributed by atoms with van der Waals surface area (Å²) in [5, 5.41) is 0. The van der Waals surface area contributed by atoms with Gasteiger partial charge in [-0.2, -0.15) is 0 Å². The van der Waals surface area contributed by atoms with Crippen molar-refractivity contribution in [3.8, 4) is 5.75 Å². The molecule has 0 amide bonds. The molecule has 1 rings (SSSR count). The van der Waals surface area contributed by atoms with Crippen molar-refractivity contribution < 1.29 is 13.2 Å². The maximum atomic E-state index is 12.1. The maximum absolute atomic E-state index is 12.1. The zero-order chi connectivity index (χ0) is 13.1. The van der Waals surface area contributed by atoms with Gasteiger partial charge >= 0.3 is 0 Å². The minimum atomic E-state index is -3.42. The molecule has 2 N–H and O–H groups in total. The largest absolute Gasteiger partial charge is 0.496 e. The first-order chi connectivity index (χ1) is 7.97. The Hall–Kier alpha value is -1.11. The average molecular weight is 258 g/mol. The summed E-state index contributed by atoms with van der Waals surface area (Å²) >= 11 is 0. The molecule has 0 aliphatic carbocycles. The fraction of sp³-hybridized carbons (Fsp3) is 0.455. The summed E-state index contributed by atoms with van der Waals surface area (Å²) in [6.45, 7) is 2.44. The van der Waals surface area contributed by atoms with E-state index in [9.17, 15) is 8.42 Å². The third kappa shape index (κ3) is 2.77. The van der Waals surface area contributed by atoms with E-state index in [-0.39, 0.29) is 11.4 Å². The second-order valence-corrected chi connectivity index (χ2v) is 5.64. The van der Waals surface area contributed by atoms with Gasteiger partial charge in [-0.05, 0) is 18.2 Å². The molecule has 0 bridgehead atoms. The highest BCUT2D eigenvalue weighted by molar-refractivity contribution is 7.89. The third-order valence-corrected chi connectivity index (χ3v) is 4.55. The van der Waals surface area contributed by atoms with Crippen LogP contribution in [-0.4, -0.2) is 33.4 Å². The van der Waals surface area contributed by atoms with E-state index in [2.05, 4.69) is 0 Å². The van der Waals surface area contributed by atoms with Gasteiger partial charge in [0.05, 0.1) is 12.0 Å². The lowest BCUT2D eigenvalue weighted by Gasteiger charge is -2.16. The van der Waals surface area contributed by atoms with Crippen LogP contribution in [-0.2, 0) is 16.6 Å². The quantitative estimate of drug-likeness (QED) is 0.847. The van der Waals surface area contributed by atoms with Crippen molar-refractivity contribution in [2.45, 2.75) is 18.4 Å². The first kappa shape index (κ1) is 14.0. The summed E-state index contributed by atoms with van der Waals surface area (Å²) in [6, 6.07) is 4.71. The van der Waals surface area contributed by atoms with E-state index < -0.39 is 10.0 Å². The fourth-order valence-corrected chi connectivity index (χ4v) is 2.66. The molecule has 0 aliphatic rings. The first-order valence-corrected chi connectivity index (χ1v) is 6.74. The molecule has 0 fully saturated rings. The van der Waals surface area contributed by atoms with E-state index in [1.165, 1.54) is 17.5 Å². The van der Waals surface area contributed by atoms with Crippen molar-refractivity contribution in [3.63, 3.8) is 0 Å².